The summed E-state index contributed by atoms with van der Waals surface area (Å²) in [7, 11) is 0. The van der Waals surface area contributed by atoms with Crippen LogP contribution in [0.5, 0.6) is 0 Å². The van der Waals surface area contributed by atoms with E-state index < -0.39 is 0 Å². The SMILES string of the molecule is Br.[Zn][c]1cccc(CN2CCCC2)c1. The van der Waals surface area contributed by atoms with E-state index >= 15 is 0 Å². The van der Waals surface area contributed by atoms with Crippen molar-refractivity contribution in [3.63, 3.8) is 0 Å². The van der Waals surface area contributed by atoms with Gasteiger partial charge in [-0.05, 0) is 0 Å². The fourth-order valence-electron chi connectivity index (χ4n) is 1.93. The molecule has 3 heteroatoms. The van der Waals surface area contributed by atoms with Gasteiger partial charge in [0.1, 0.15) is 0 Å². The Kier molecular flexibility index (Phi) is 5.29. The van der Waals surface area contributed by atoms with Gasteiger partial charge in [-0.2, -0.15) is 0 Å². The molecule has 1 heterocycles. The number of hydrogen-bond donors (Lipinski definition) is 0. The van der Waals surface area contributed by atoms with Crippen LogP contribution in [-0.2, 0) is 24.8 Å². The van der Waals surface area contributed by atoms with Crippen molar-refractivity contribution in [3.05, 3.63) is 29.8 Å². The molecule has 0 aromatic heterocycles. The summed E-state index contributed by atoms with van der Waals surface area (Å²) in [5.41, 5.74) is 1.49. The molecule has 0 amide bonds. The van der Waals surface area contributed by atoms with E-state index in [0.717, 1.165) is 6.54 Å². The Morgan fingerprint density at radius 3 is 2.57 bits per heavy atom. The summed E-state index contributed by atoms with van der Waals surface area (Å²) in [6.45, 7) is 3.75. The Bertz CT molecular complexity index is 284. The predicted octanol–water partition coefficient (Wildman–Crippen LogP) is 2.03. The van der Waals surface area contributed by atoms with Crippen molar-refractivity contribution in [2.75, 3.05) is 13.1 Å². The number of nitrogens with zero attached hydrogens (tertiary/aromatic N) is 1. The van der Waals surface area contributed by atoms with Crippen molar-refractivity contribution in [2.45, 2.75) is 19.4 Å². The van der Waals surface area contributed by atoms with Gasteiger partial charge in [-0.1, -0.05) is 0 Å². The topological polar surface area (TPSA) is 3.24 Å². The average molecular weight is 307 g/mol. The minimum atomic E-state index is 0. The zero-order valence-corrected chi connectivity index (χ0v) is 13.1. The number of halogens is 1. The third-order valence-electron chi connectivity index (χ3n) is 2.60. The first-order chi connectivity index (χ1) is 6.34. The Balaban J connectivity index is 0.000000980. The summed E-state index contributed by atoms with van der Waals surface area (Å²) in [6, 6.07) is 8.99. The Hall–Kier alpha value is 0.283. The number of hydrogen-bond acceptors (Lipinski definition) is 1. The second-order valence-electron chi connectivity index (χ2n) is 3.80. The van der Waals surface area contributed by atoms with E-state index in [-0.39, 0.29) is 17.0 Å². The molecule has 0 N–H and O–H groups in total. The van der Waals surface area contributed by atoms with Crippen LogP contribution in [0, 0.1) is 0 Å². The van der Waals surface area contributed by atoms with E-state index in [9.17, 15) is 0 Å². The molecule has 1 aliphatic heterocycles. The molecule has 1 nitrogen and oxygen atoms in total. The molecule has 0 radical (unpaired) electrons. The van der Waals surface area contributed by atoms with Gasteiger partial charge in [0.25, 0.3) is 0 Å². The predicted molar refractivity (Wildman–Crippen MR) is 60.9 cm³/mol. The number of benzene rings is 1. The molecule has 0 bridgehead atoms. The Morgan fingerprint density at radius 2 is 1.93 bits per heavy atom. The van der Waals surface area contributed by atoms with Crippen LogP contribution in [0.1, 0.15) is 18.4 Å². The van der Waals surface area contributed by atoms with Crippen molar-refractivity contribution in [1.82, 2.24) is 4.90 Å². The van der Waals surface area contributed by atoms with Gasteiger partial charge < -0.3 is 0 Å². The molecule has 73 valence electrons. The summed E-state index contributed by atoms with van der Waals surface area (Å²) in [6.07, 6.45) is 2.78. The quantitative estimate of drug-likeness (QED) is 0.756. The summed E-state index contributed by atoms with van der Waals surface area (Å²) in [5.74, 6) is 0. The number of rotatable bonds is 2. The zero-order valence-electron chi connectivity index (χ0n) is 8.41. The standard InChI is InChI=1S/C11H14N.BrH.Zn/c1-2-6-11(7-3-1)10-12-8-4-5-9-12;;/h1-2,6-7H,4-5,8-10H2;1H;. The third-order valence-corrected chi connectivity index (χ3v) is 3.52. The summed E-state index contributed by atoms with van der Waals surface area (Å²) in [5, 5.41) is 0. The van der Waals surface area contributed by atoms with Crippen LogP contribution < -0.4 is 4.16 Å². The van der Waals surface area contributed by atoms with E-state index in [1.165, 1.54) is 54.0 Å². The second kappa shape index (κ2) is 6.00. The molecule has 0 atom stereocenters. The molecule has 0 unspecified atom stereocenters. The summed E-state index contributed by atoms with van der Waals surface area (Å²) in [4.78, 5) is 2.55. The van der Waals surface area contributed by atoms with Crippen LogP contribution in [0.4, 0.5) is 0 Å². The van der Waals surface area contributed by atoms with Gasteiger partial charge in [0.2, 0.25) is 0 Å². The fraction of sp³-hybridized carbons (Fsp3) is 0.455. The van der Waals surface area contributed by atoms with Crippen molar-refractivity contribution in [2.24, 2.45) is 0 Å². The molecule has 0 aliphatic carbocycles. The molecule has 0 saturated carbocycles. The van der Waals surface area contributed by atoms with E-state index in [1.54, 1.807) is 0 Å². The molecule has 0 spiro atoms. The van der Waals surface area contributed by atoms with Gasteiger partial charge in [-0.15, -0.1) is 17.0 Å². The molecule has 1 aliphatic rings. The van der Waals surface area contributed by atoms with E-state index in [4.69, 9.17) is 0 Å². The van der Waals surface area contributed by atoms with Crippen LogP contribution in [0.15, 0.2) is 24.3 Å². The van der Waals surface area contributed by atoms with E-state index in [0.29, 0.717) is 0 Å². The van der Waals surface area contributed by atoms with Crippen molar-refractivity contribution < 1.29 is 18.3 Å². The second-order valence-corrected chi connectivity index (χ2v) is 5.52. The van der Waals surface area contributed by atoms with Crippen molar-refractivity contribution in [3.8, 4) is 0 Å². The van der Waals surface area contributed by atoms with Gasteiger partial charge in [0.15, 0.2) is 0 Å². The monoisotopic (exact) mass is 304 g/mol. The molecule has 1 aromatic carbocycles. The zero-order chi connectivity index (χ0) is 9.10. The Labute approximate surface area is 106 Å². The first kappa shape index (κ1) is 12.4. The van der Waals surface area contributed by atoms with Crippen molar-refractivity contribution in [1.29, 1.82) is 0 Å². The molecule has 14 heavy (non-hydrogen) atoms. The fourth-order valence-corrected chi connectivity index (χ4v) is 2.76. The van der Waals surface area contributed by atoms with Crippen LogP contribution in [0.3, 0.4) is 0 Å². The van der Waals surface area contributed by atoms with Gasteiger partial charge in [-0.3, -0.25) is 0 Å². The first-order valence-electron chi connectivity index (χ1n) is 4.98. The molecule has 2 rings (SSSR count). The van der Waals surface area contributed by atoms with Crippen molar-refractivity contribution >= 4 is 21.1 Å². The van der Waals surface area contributed by atoms with Gasteiger partial charge in [0, 0.05) is 0 Å². The van der Waals surface area contributed by atoms with E-state index in [2.05, 4.69) is 29.2 Å². The summed E-state index contributed by atoms with van der Waals surface area (Å²) >= 11 is 1.27. The van der Waals surface area contributed by atoms with Gasteiger partial charge in [-0.25, -0.2) is 0 Å². The normalized spacial score (nSPS) is 16.7. The maximum atomic E-state index is 2.55. The third kappa shape index (κ3) is 3.45. The average Bonchev–Trinajstić information content (AvgIpc) is 2.57. The number of likely N-dealkylation sites (tertiary alicyclic amines) is 1. The Morgan fingerprint density at radius 1 is 1.21 bits per heavy atom. The maximum absolute atomic E-state index is 2.55. The van der Waals surface area contributed by atoms with Gasteiger partial charge >= 0.3 is 89.7 Å². The van der Waals surface area contributed by atoms with Gasteiger partial charge in [0.05, 0.1) is 0 Å². The molecule has 1 saturated heterocycles. The van der Waals surface area contributed by atoms with E-state index in [1.807, 2.05) is 0 Å². The minimum absolute atomic E-state index is 0. The van der Waals surface area contributed by atoms with Crippen LogP contribution in [-0.4, -0.2) is 18.0 Å². The molecule has 1 aromatic rings. The first-order valence-corrected chi connectivity index (χ1v) is 6.46. The molecular formula is C11H15BrNZn. The molecule has 1 fully saturated rings. The molecular weight excluding hydrogens is 291 g/mol. The van der Waals surface area contributed by atoms with Crippen LogP contribution in [0.25, 0.3) is 0 Å². The van der Waals surface area contributed by atoms with Crippen LogP contribution >= 0.6 is 17.0 Å². The summed E-state index contributed by atoms with van der Waals surface area (Å²) < 4.78 is 1.50. The van der Waals surface area contributed by atoms with Crippen LogP contribution in [0.2, 0.25) is 0 Å².